The van der Waals surface area contributed by atoms with Crippen molar-refractivity contribution in [3.05, 3.63) is 41.9 Å². The summed E-state index contributed by atoms with van der Waals surface area (Å²) in [5, 5.41) is 0. The van der Waals surface area contributed by atoms with E-state index < -0.39 is 29.9 Å². The van der Waals surface area contributed by atoms with E-state index in [1.807, 2.05) is 20.8 Å². The second-order valence-corrected chi connectivity index (χ2v) is 6.93. The second-order valence-electron chi connectivity index (χ2n) is 6.93. The normalized spacial score (nSPS) is 14.9. The summed E-state index contributed by atoms with van der Waals surface area (Å²) >= 11 is 0. The molecule has 1 aliphatic rings. The molecule has 7 heteroatoms. The summed E-state index contributed by atoms with van der Waals surface area (Å²) in [6.45, 7) is 5.91. The van der Waals surface area contributed by atoms with Crippen LogP contribution in [-0.4, -0.2) is 34.7 Å². The van der Waals surface area contributed by atoms with Crippen LogP contribution < -0.4 is 4.74 Å². The standard InChI is InChI=1S/C19H22FNO5/c1-19(2,3)26-14-6-4-13(5-7-14)12-25-18(24)8-9-21-11-15(20)16(22)10-17(21)23/h4-7,11H,8-10,12H2,1-3H3. The Balaban J connectivity index is 1.78. The van der Waals surface area contributed by atoms with Gasteiger partial charge in [-0.1, -0.05) is 12.1 Å². The lowest BCUT2D eigenvalue weighted by Gasteiger charge is -2.21. The molecule has 140 valence electrons. The molecule has 2 rings (SSSR count). The minimum Gasteiger partial charge on any atom is -0.488 e. The quantitative estimate of drug-likeness (QED) is 0.574. The zero-order chi connectivity index (χ0) is 19.3. The van der Waals surface area contributed by atoms with E-state index in [0.717, 1.165) is 22.4 Å². The third kappa shape index (κ3) is 5.98. The lowest BCUT2D eigenvalue weighted by molar-refractivity contribution is -0.145. The Morgan fingerprint density at radius 2 is 1.85 bits per heavy atom. The van der Waals surface area contributed by atoms with Gasteiger partial charge in [0.2, 0.25) is 11.7 Å². The van der Waals surface area contributed by atoms with Crippen LogP contribution in [0.4, 0.5) is 4.39 Å². The summed E-state index contributed by atoms with van der Waals surface area (Å²) in [6.07, 6.45) is 0.227. The maximum Gasteiger partial charge on any atom is 0.307 e. The monoisotopic (exact) mass is 363 g/mol. The average molecular weight is 363 g/mol. The number of ketones is 1. The molecular weight excluding hydrogens is 341 g/mol. The number of amides is 1. The summed E-state index contributed by atoms with van der Waals surface area (Å²) < 4.78 is 24.1. The highest BCUT2D eigenvalue weighted by atomic mass is 19.1. The molecule has 1 heterocycles. The van der Waals surface area contributed by atoms with Crippen LogP contribution in [0.25, 0.3) is 0 Å². The molecule has 0 N–H and O–H groups in total. The smallest absolute Gasteiger partial charge is 0.307 e. The molecule has 0 unspecified atom stereocenters. The Morgan fingerprint density at radius 3 is 2.46 bits per heavy atom. The van der Waals surface area contributed by atoms with E-state index in [1.165, 1.54) is 0 Å². The lowest BCUT2D eigenvalue weighted by atomic mass is 10.1. The minimum absolute atomic E-state index is 0.0310. The van der Waals surface area contributed by atoms with Crippen LogP contribution in [0, 0.1) is 0 Å². The fraction of sp³-hybridized carbons (Fsp3) is 0.421. The molecule has 0 aromatic heterocycles. The van der Waals surface area contributed by atoms with Gasteiger partial charge in [0.05, 0.1) is 12.8 Å². The van der Waals surface area contributed by atoms with Gasteiger partial charge in [0.15, 0.2) is 5.83 Å². The number of carbonyl (C=O) groups is 3. The third-order valence-electron chi connectivity index (χ3n) is 3.47. The number of benzene rings is 1. The van der Waals surface area contributed by atoms with Crippen molar-refractivity contribution in [2.45, 2.75) is 45.8 Å². The van der Waals surface area contributed by atoms with Crippen molar-refractivity contribution < 1.29 is 28.2 Å². The molecule has 0 saturated carbocycles. The number of esters is 1. The highest BCUT2D eigenvalue weighted by Crippen LogP contribution is 2.19. The summed E-state index contributed by atoms with van der Waals surface area (Å²) in [5.74, 6) is -2.14. The summed E-state index contributed by atoms with van der Waals surface area (Å²) in [5.41, 5.74) is 0.503. The number of carbonyl (C=O) groups excluding carboxylic acids is 3. The Bertz CT molecular complexity index is 718. The molecule has 0 atom stereocenters. The first kappa shape index (κ1) is 19.6. The molecule has 0 aliphatic carbocycles. The van der Waals surface area contributed by atoms with Gasteiger partial charge in [-0.25, -0.2) is 4.39 Å². The van der Waals surface area contributed by atoms with Crippen molar-refractivity contribution in [2.75, 3.05) is 6.54 Å². The van der Waals surface area contributed by atoms with Gasteiger partial charge < -0.3 is 14.4 Å². The van der Waals surface area contributed by atoms with Crippen molar-refractivity contribution in [3.63, 3.8) is 0 Å². The SMILES string of the molecule is CC(C)(C)Oc1ccc(COC(=O)CCN2C=C(F)C(=O)CC2=O)cc1. The number of Topliss-reactive ketones (excluding diaryl/α,β-unsaturated/α-hetero) is 1. The van der Waals surface area contributed by atoms with Gasteiger partial charge in [-0.05, 0) is 38.5 Å². The number of ether oxygens (including phenoxy) is 2. The van der Waals surface area contributed by atoms with Crippen molar-refractivity contribution in [1.82, 2.24) is 4.90 Å². The van der Waals surface area contributed by atoms with Crippen LogP contribution in [0.3, 0.4) is 0 Å². The van der Waals surface area contributed by atoms with E-state index in [9.17, 15) is 18.8 Å². The first-order valence-electron chi connectivity index (χ1n) is 8.27. The number of hydrogen-bond acceptors (Lipinski definition) is 5. The Hall–Kier alpha value is -2.70. The first-order valence-corrected chi connectivity index (χ1v) is 8.27. The number of rotatable bonds is 6. The number of nitrogens with zero attached hydrogens (tertiary/aromatic N) is 1. The molecule has 1 aromatic rings. The zero-order valence-electron chi connectivity index (χ0n) is 15.1. The molecular formula is C19H22FNO5. The number of hydrogen-bond donors (Lipinski definition) is 0. The minimum atomic E-state index is -0.976. The van der Waals surface area contributed by atoms with E-state index in [0.29, 0.717) is 0 Å². The van der Waals surface area contributed by atoms with Crippen LogP contribution >= 0.6 is 0 Å². The highest BCUT2D eigenvalue weighted by molar-refractivity contribution is 6.08. The van der Waals surface area contributed by atoms with E-state index in [-0.39, 0.29) is 25.2 Å². The molecule has 0 fully saturated rings. The maximum absolute atomic E-state index is 13.2. The fourth-order valence-electron chi connectivity index (χ4n) is 2.25. The number of allylic oxidation sites excluding steroid dienone is 1. The predicted octanol–water partition coefficient (Wildman–Crippen LogP) is 2.91. The fourth-order valence-corrected chi connectivity index (χ4v) is 2.25. The topological polar surface area (TPSA) is 72.9 Å². The Morgan fingerprint density at radius 1 is 1.19 bits per heavy atom. The molecule has 26 heavy (non-hydrogen) atoms. The van der Waals surface area contributed by atoms with Crippen molar-refractivity contribution in [3.8, 4) is 5.75 Å². The lowest BCUT2D eigenvalue weighted by Crippen LogP contribution is -2.34. The summed E-state index contributed by atoms with van der Waals surface area (Å²) in [4.78, 5) is 35.5. The van der Waals surface area contributed by atoms with Crippen molar-refractivity contribution in [2.24, 2.45) is 0 Å². The maximum atomic E-state index is 13.2. The van der Waals surface area contributed by atoms with Crippen LogP contribution in [0.2, 0.25) is 0 Å². The van der Waals surface area contributed by atoms with Crippen LogP contribution in [0.15, 0.2) is 36.3 Å². The van der Waals surface area contributed by atoms with E-state index in [2.05, 4.69) is 0 Å². The molecule has 0 radical (unpaired) electrons. The molecule has 0 bridgehead atoms. The molecule has 1 aliphatic heterocycles. The molecule has 0 spiro atoms. The highest BCUT2D eigenvalue weighted by Gasteiger charge is 2.26. The van der Waals surface area contributed by atoms with E-state index >= 15 is 0 Å². The van der Waals surface area contributed by atoms with E-state index in [1.54, 1.807) is 24.3 Å². The second kappa shape index (κ2) is 8.12. The number of halogens is 1. The summed E-state index contributed by atoms with van der Waals surface area (Å²) in [7, 11) is 0. The van der Waals surface area contributed by atoms with Crippen LogP contribution in [0.5, 0.6) is 5.75 Å². The molecule has 6 nitrogen and oxygen atoms in total. The van der Waals surface area contributed by atoms with Gasteiger partial charge in [-0.2, -0.15) is 0 Å². The first-order chi connectivity index (χ1) is 12.1. The van der Waals surface area contributed by atoms with Gasteiger partial charge in [0, 0.05) is 12.7 Å². The van der Waals surface area contributed by atoms with Gasteiger partial charge in [-0.15, -0.1) is 0 Å². The van der Waals surface area contributed by atoms with Crippen LogP contribution in [0.1, 0.15) is 39.2 Å². The zero-order valence-corrected chi connectivity index (χ0v) is 15.1. The average Bonchev–Trinajstić information content (AvgIpc) is 2.55. The van der Waals surface area contributed by atoms with Gasteiger partial charge in [0.1, 0.15) is 18.0 Å². The van der Waals surface area contributed by atoms with Crippen molar-refractivity contribution >= 4 is 17.7 Å². The molecule has 0 saturated heterocycles. The largest absolute Gasteiger partial charge is 0.488 e. The van der Waals surface area contributed by atoms with Gasteiger partial charge in [-0.3, -0.25) is 14.4 Å². The van der Waals surface area contributed by atoms with Gasteiger partial charge >= 0.3 is 5.97 Å². The van der Waals surface area contributed by atoms with Gasteiger partial charge in [0.25, 0.3) is 0 Å². The Kier molecular flexibility index (Phi) is 6.13. The summed E-state index contributed by atoms with van der Waals surface area (Å²) in [6, 6.07) is 7.19. The molecule has 1 aromatic carbocycles. The van der Waals surface area contributed by atoms with E-state index in [4.69, 9.17) is 9.47 Å². The van der Waals surface area contributed by atoms with Crippen molar-refractivity contribution in [1.29, 1.82) is 0 Å². The molecule has 1 amide bonds. The Labute approximate surface area is 151 Å². The third-order valence-corrected chi connectivity index (χ3v) is 3.47. The predicted molar refractivity (Wildman–Crippen MR) is 91.8 cm³/mol. The van der Waals surface area contributed by atoms with Crippen LogP contribution in [-0.2, 0) is 25.7 Å².